The Morgan fingerprint density at radius 2 is 1.55 bits per heavy atom. The number of carbonyl (C=O) groups excluding carboxylic acids is 2. The molecule has 0 aliphatic carbocycles. The molecule has 0 N–H and O–H groups in total. The molecule has 0 aromatic heterocycles. The minimum atomic E-state index is -1.18. The number of carbonyl (C=O) groups is 2. The van der Waals surface area contributed by atoms with Crippen LogP contribution in [0.3, 0.4) is 0 Å². The van der Waals surface area contributed by atoms with E-state index < -0.39 is 16.3 Å². The van der Waals surface area contributed by atoms with Gasteiger partial charge in [-0.2, -0.15) is 0 Å². The average Bonchev–Trinajstić information content (AvgIpc) is 2.52. The van der Waals surface area contributed by atoms with Gasteiger partial charge in [-0.3, -0.25) is 0 Å². The van der Waals surface area contributed by atoms with Crippen molar-refractivity contribution < 1.29 is 19.1 Å². The van der Waals surface area contributed by atoms with Gasteiger partial charge in [-0.15, -0.1) is 0 Å². The molecular formula is C17H24O4Se. The molecule has 1 rings (SSSR count). The Hall–Kier alpha value is -1.32. The van der Waals surface area contributed by atoms with Crippen LogP contribution in [0.25, 0.3) is 0 Å². The summed E-state index contributed by atoms with van der Waals surface area (Å²) in [5.41, 5.74) is 0. The molecule has 1 aromatic carbocycles. The van der Waals surface area contributed by atoms with Crippen LogP contribution in [0.2, 0.25) is 4.31 Å². The molecular weight excluding hydrogens is 347 g/mol. The third-order valence-electron chi connectivity index (χ3n) is 3.13. The molecule has 0 amide bonds. The van der Waals surface area contributed by atoms with Crippen LogP contribution in [0.1, 0.15) is 40.0 Å². The fraction of sp³-hybridized carbons (Fsp3) is 0.529. The molecule has 0 fully saturated rings. The van der Waals surface area contributed by atoms with Crippen LogP contribution in [0.4, 0.5) is 0 Å². The van der Waals surface area contributed by atoms with Gasteiger partial charge in [0.1, 0.15) is 0 Å². The van der Waals surface area contributed by atoms with Gasteiger partial charge >= 0.3 is 138 Å². The monoisotopic (exact) mass is 372 g/mol. The van der Waals surface area contributed by atoms with Gasteiger partial charge in [0.2, 0.25) is 0 Å². The summed E-state index contributed by atoms with van der Waals surface area (Å²) >= 11 is -0.373. The fourth-order valence-corrected chi connectivity index (χ4v) is 4.61. The minimum absolute atomic E-state index is 0.261. The van der Waals surface area contributed by atoms with Crippen molar-refractivity contribution in [2.45, 2.75) is 44.3 Å². The van der Waals surface area contributed by atoms with Crippen LogP contribution < -0.4 is 4.46 Å². The zero-order valence-electron chi connectivity index (χ0n) is 13.5. The second-order valence-corrected chi connectivity index (χ2v) is 7.67. The predicted octanol–water partition coefficient (Wildman–Crippen LogP) is 2.49. The molecule has 5 heteroatoms. The van der Waals surface area contributed by atoms with E-state index >= 15 is 0 Å². The zero-order valence-corrected chi connectivity index (χ0v) is 15.2. The molecule has 1 aromatic rings. The third kappa shape index (κ3) is 4.85. The van der Waals surface area contributed by atoms with Crippen molar-refractivity contribution in [3.8, 4) is 0 Å². The molecule has 22 heavy (non-hydrogen) atoms. The van der Waals surface area contributed by atoms with Gasteiger partial charge in [-0.1, -0.05) is 0 Å². The van der Waals surface area contributed by atoms with E-state index in [1.807, 2.05) is 37.3 Å². The number of esters is 2. The Balaban J connectivity index is 3.16. The van der Waals surface area contributed by atoms with Crippen LogP contribution in [-0.4, -0.2) is 40.1 Å². The Labute approximate surface area is 138 Å². The molecule has 0 bridgehead atoms. The quantitative estimate of drug-likeness (QED) is 0.380. The van der Waals surface area contributed by atoms with Crippen LogP contribution in [0, 0.1) is 0 Å². The SMILES string of the molecule is CCCCC([Se]c1ccccc1)(C(=O)OCC)C(=O)OCC. The first-order chi connectivity index (χ1) is 10.6. The second-order valence-electron chi connectivity index (χ2n) is 4.79. The standard InChI is InChI=1S/C17H24O4Se/c1-4-7-13-17(15(18)20-5-2,16(19)21-6-3)22-14-11-9-8-10-12-14/h8-12H,4-7,13H2,1-3H3. The Morgan fingerprint density at radius 1 is 1.00 bits per heavy atom. The summed E-state index contributed by atoms with van der Waals surface area (Å²) in [6.45, 7) is 6.07. The third-order valence-corrected chi connectivity index (χ3v) is 6.05. The first-order valence-electron chi connectivity index (χ1n) is 7.69. The van der Waals surface area contributed by atoms with Gasteiger partial charge in [0, 0.05) is 0 Å². The number of ether oxygens (including phenoxy) is 2. The summed E-state index contributed by atoms with van der Waals surface area (Å²) < 4.78 is 10.2. The summed E-state index contributed by atoms with van der Waals surface area (Å²) in [5.74, 6) is -0.906. The van der Waals surface area contributed by atoms with Gasteiger partial charge in [0.05, 0.1) is 0 Å². The van der Waals surface area contributed by atoms with Crippen molar-refractivity contribution in [3.63, 3.8) is 0 Å². The van der Waals surface area contributed by atoms with Gasteiger partial charge < -0.3 is 0 Å². The van der Waals surface area contributed by atoms with Crippen LogP contribution in [0.15, 0.2) is 30.3 Å². The summed E-state index contributed by atoms with van der Waals surface area (Å²) in [5, 5.41) is 0. The molecule has 0 saturated heterocycles. The average molecular weight is 371 g/mol. The van der Waals surface area contributed by atoms with Gasteiger partial charge in [-0.05, 0) is 0 Å². The topological polar surface area (TPSA) is 52.6 Å². The number of hydrogen-bond donors (Lipinski definition) is 0. The zero-order chi connectivity index (χ0) is 16.4. The summed E-state index contributed by atoms with van der Waals surface area (Å²) in [6.07, 6.45) is 2.16. The molecule has 0 atom stereocenters. The van der Waals surface area contributed by atoms with Crippen LogP contribution >= 0.6 is 0 Å². The van der Waals surface area contributed by atoms with Crippen molar-refractivity contribution in [2.24, 2.45) is 0 Å². The van der Waals surface area contributed by atoms with Crippen molar-refractivity contribution in [3.05, 3.63) is 30.3 Å². The normalized spacial score (nSPS) is 11.0. The molecule has 0 radical (unpaired) electrons. The number of rotatable bonds is 9. The molecule has 0 unspecified atom stereocenters. The van der Waals surface area contributed by atoms with Gasteiger partial charge in [0.15, 0.2) is 0 Å². The molecule has 0 aliphatic heterocycles. The summed E-state index contributed by atoms with van der Waals surface area (Å²) in [4.78, 5) is 25.2. The van der Waals surface area contributed by atoms with E-state index in [-0.39, 0.29) is 28.2 Å². The predicted molar refractivity (Wildman–Crippen MR) is 87.3 cm³/mol. The molecule has 4 nitrogen and oxygen atoms in total. The van der Waals surface area contributed by atoms with Gasteiger partial charge in [-0.25, -0.2) is 0 Å². The molecule has 0 heterocycles. The number of hydrogen-bond acceptors (Lipinski definition) is 4. The van der Waals surface area contributed by atoms with E-state index in [0.717, 1.165) is 17.3 Å². The molecule has 0 aliphatic rings. The first kappa shape index (κ1) is 18.7. The Kier molecular flexibility index (Phi) is 8.21. The number of benzene rings is 1. The number of unbranched alkanes of at least 4 members (excludes halogenated alkanes) is 1. The van der Waals surface area contributed by atoms with E-state index in [1.165, 1.54) is 0 Å². The van der Waals surface area contributed by atoms with E-state index in [4.69, 9.17) is 9.47 Å². The van der Waals surface area contributed by atoms with E-state index in [2.05, 4.69) is 0 Å². The molecule has 122 valence electrons. The van der Waals surface area contributed by atoms with E-state index in [9.17, 15) is 9.59 Å². The maximum absolute atomic E-state index is 12.6. The van der Waals surface area contributed by atoms with Crippen molar-refractivity contribution in [1.82, 2.24) is 0 Å². The molecule has 0 spiro atoms. The van der Waals surface area contributed by atoms with Crippen molar-refractivity contribution in [2.75, 3.05) is 13.2 Å². The van der Waals surface area contributed by atoms with Gasteiger partial charge in [0.25, 0.3) is 0 Å². The first-order valence-corrected chi connectivity index (χ1v) is 9.40. The Morgan fingerprint density at radius 3 is 2.00 bits per heavy atom. The summed E-state index contributed by atoms with van der Waals surface area (Å²) in [6, 6.07) is 9.64. The van der Waals surface area contributed by atoms with Crippen molar-refractivity contribution >= 4 is 31.4 Å². The maximum atomic E-state index is 12.6. The van der Waals surface area contributed by atoms with Crippen LogP contribution in [0.5, 0.6) is 0 Å². The van der Waals surface area contributed by atoms with E-state index in [1.54, 1.807) is 13.8 Å². The second kappa shape index (κ2) is 9.65. The van der Waals surface area contributed by atoms with E-state index in [0.29, 0.717) is 6.42 Å². The summed E-state index contributed by atoms with van der Waals surface area (Å²) in [7, 11) is 0. The molecule has 0 saturated carbocycles. The van der Waals surface area contributed by atoms with Crippen molar-refractivity contribution in [1.29, 1.82) is 0 Å². The van der Waals surface area contributed by atoms with Crippen LogP contribution in [-0.2, 0) is 19.1 Å². The Bertz CT molecular complexity index is 455. The fourth-order valence-electron chi connectivity index (χ4n) is 2.03.